The molecule has 0 bridgehead atoms. The summed E-state index contributed by atoms with van der Waals surface area (Å²) in [4.78, 5) is 0.997. The van der Waals surface area contributed by atoms with Crippen LogP contribution in [0.3, 0.4) is 0 Å². The standard InChI is InChI=1S/C12H7Br2F3O2S/c13-8-3-4-20-11(8)6-18-7-1-2-10(9(14)5-7)19-12(15,16)17/h1-5H,6H2. The molecule has 0 radical (unpaired) electrons. The van der Waals surface area contributed by atoms with Gasteiger partial charge in [0.2, 0.25) is 0 Å². The fourth-order valence-electron chi connectivity index (χ4n) is 1.36. The lowest BCUT2D eigenvalue weighted by molar-refractivity contribution is -0.274. The molecule has 2 nitrogen and oxygen atoms in total. The largest absolute Gasteiger partial charge is 0.573 e. The lowest BCUT2D eigenvalue weighted by Gasteiger charge is -2.12. The molecule has 108 valence electrons. The summed E-state index contributed by atoms with van der Waals surface area (Å²) >= 11 is 7.92. The minimum atomic E-state index is -4.72. The highest BCUT2D eigenvalue weighted by atomic mass is 79.9. The van der Waals surface area contributed by atoms with Crippen molar-refractivity contribution in [2.24, 2.45) is 0 Å². The third-order valence-corrected chi connectivity index (χ3v) is 4.71. The first-order valence-corrected chi connectivity index (χ1v) is 7.72. The summed E-state index contributed by atoms with van der Waals surface area (Å²) in [5.41, 5.74) is 0. The van der Waals surface area contributed by atoms with Gasteiger partial charge in [-0.25, -0.2) is 0 Å². The van der Waals surface area contributed by atoms with Gasteiger partial charge in [-0.3, -0.25) is 0 Å². The predicted octanol–water partition coefficient (Wildman–Crippen LogP) is 5.75. The number of alkyl halides is 3. The molecule has 0 spiro atoms. The lowest BCUT2D eigenvalue weighted by Crippen LogP contribution is -2.17. The number of ether oxygens (including phenoxy) is 2. The normalized spacial score (nSPS) is 11.4. The molecule has 8 heteroatoms. The molecule has 0 saturated heterocycles. The van der Waals surface area contributed by atoms with Crippen molar-refractivity contribution in [3.05, 3.63) is 43.5 Å². The molecule has 0 aliphatic heterocycles. The highest BCUT2D eigenvalue weighted by Gasteiger charge is 2.31. The van der Waals surface area contributed by atoms with E-state index in [4.69, 9.17) is 4.74 Å². The zero-order valence-electron chi connectivity index (χ0n) is 9.71. The van der Waals surface area contributed by atoms with Gasteiger partial charge >= 0.3 is 6.36 Å². The fourth-order valence-corrected chi connectivity index (χ4v) is 3.17. The molecule has 20 heavy (non-hydrogen) atoms. The van der Waals surface area contributed by atoms with Crippen LogP contribution in [0.25, 0.3) is 0 Å². The Morgan fingerprint density at radius 1 is 1.10 bits per heavy atom. The molecule has 1 heterocycles. The smallest absolute Gasteiger partial charge is 0.488 e. The molecule has 0 atom stereocenters. The number of halogens is 5. The van der Waals surface area contributed by atoms with E-state index in [1.807, 2.05) is 11.4 Å². The van der Waals surface area contributed by atoms with E-state index in [1.54, 1.807) is 0 Å². The molecule has 2 rings (SSSR count). The van der Waals surface area contributed by atoms with Gasteiger partial charge in [0.1, 0.15) is 18.1 Å². The van der Waals surface area contributed by atoms with Crippen molar-refractivity contribution in [1.82, 2.24) is 0 Å². The van der Waals surface area contributed by atoms with Gasteiger partial charge in [-0.05, 0) is 61.5 Å². The molecule has 0 unspecified atom stereocenters. The second-order valence-corrected chi connectivity index (χ2v) is 6.33. The molecule has 1 aromatic carbocycles. The van der Waals surface area contributed by atoms with Gasteiger partial charge in [0.15, 0.2) is 0 Å². The number of hydrogen-bond acceptors (Lipinski definition) is 3. The summed E-state index contributed by atoms with van der Waals surface area (Å²) in [6, 6.07) is 5.96. The second kappa shape index (κ2) is 6.36. The van der Waals surface area contributed by atoms with Crippen LogP contribution in [0, 0.1) is 0 Å². The van der Waals surface area contributed by atoms with Crippen molar-refractivity contribution in [3.8, 4) is 11.5 Å². The Morgan fingerprint density at radius 3 is 2.40 bits per heavy atom. The van der Waals surface area contributed by atoms with E-state index in [9.17, 15) is 13.2 Å². The lowest BCUT2D eigenvalue weighted by atomic mass is 10.3. The maximum absolute atomic E-state index is 12.1. The first-order valence-electron chi connectivity index (χ1n) is 5.25. The Kier molecular flexibility index (Phi) is 4.98. The third kappa shape index (κ3) is 4.39. The first kappa shape index (κ1) is 15.7. The number of benzene rings is 1. The molecule has 2 aromatic rings. The van der Waals surface area contributed by atoms with Crippen LogP contribution >= 0.6 is 43.2 Å². The van der Waals surface area contributed by atoms with Gasteiger partial charge in [0.05, 0.1) is 9.35 Å². The van der Waals surface area contributed by atoms with Crippen LogP contribution in [0.15, 0.2) is 38.6 Å². The van der Waals surface area contributed by atoms with Crippen LogP contribution in [0.5, 0.6) is 11.5 Å². The summed E-state index contributed by atoms with van der Waals surface area (Å²) in [5.74, 6) is 0.147. The Morgan fingerprint density at radius 2 is 1.85 bits per heavy atom. The Hall–Kier alpha value is -0.730. The molecular weight excluding hydrogens is 425 g/mol. The average Bonchev–Trinajstić information content (AvgIpc) is 2.74. The van der Waals surface area contributed by atoms with Crippen molar-refractivity contribution in [2.45, 2.75) is 13.0 Å². The number of rotatable bonds is 4. The maximum Gasteiger partial charge on any atom is 0.573 e. The van der Waals surface area contributed by atoms with Crippen molar-refractivity contribution >= 4 is 43.2 Å². The number of hydrogen-bond donors (Lipinski definition) is 0. The zero-order chi connectivity index (χ0) is 14.8. The SMILES string of the molecule is FC(F)(F)Oc1ccc(OCc2sccc2Br)cc1Br. The Labute approximate surface area is 133 Å². The summed E-state index contributed by atoms with van der Waals surface area (Å²) in [6.07, 6.45) is -4.72. The van der Waals surface area contributed by atoms with Gasteiger partial charge in [0, 0.05) is 4.47 Å². The van der Waals surface area contributed by atoms with Crippen LogP contribution in [0.2, 0.25) is 0 Å². The Bertz CT molecular complexity index is 599. The summed E-state index contributed by atoms with van der Waals surface area (Å²) in [6.45, 7) is 0.337. The molecule has 0 aliphatic rings. The van der Waals surface area contributed by atoms with E-state index in [1.165, 1.54) is 29.5 Å². The summed E-state index contributed by atoms with van der Waals surface area (Å²) < 4.78 is 46.8. The first-order chi connectivity index (χ1) is 9.35. The quantitative estimate of drug-likeness (QED) is 0.613. The number of thiophene rings is 1. The summed E-state index contributed by atoms with van der Waals surface area (Å²) in [7, 11) is 0. The van der Waals surface area contributed by atoms with E-state index in [2.05, 4.69) is 36.6 Å². The van der Waals surface area contributed by atoms with E-state index in [0.29, 0.717) is 12.4 Å². The Balaban J connectivity index is 2.04. The van der Waals surface area contributed by atoms with Crippen LogP contribution in [0.1, 0.15) is 4.88 Å². The van der Waals surface area contributed by atoms with Gasteiger partial charge in [0.25, 0.3) is 0 Å². The van der Waals surface area contributed by atoms with E-state index >= 15 is 0 Å². The fraction of sp³-hybridized carbons (Fsp3) is 0.167. The predicted molar refractivity (Wildman–Crippen MR) is 77.2 cm³/mol. The molecule has 0 N–H and O–H groups in total. The van der Waals surface area contributed by atoms with Gasteiger partial charge < -0.3 is 9.47 Å². The van der Waals surface area contributed by atoms with Crippen LogP contribution in [0.4, 0.5) is 13.2 Å². The molecule has 0 aliphatic carbocycles. The molecular formula is C12H7Br2F3O2S. The maximum atomic E-state index is 12.1. The monoisotopic (exact) mass is 430 g/mol. The second-order valence-electron chi connectivity index (χ2n) is 3.62. The van der Waals surface area contributed by atoms with Crippen molar-refractivity contribution in [1.29, 1.82) is 0 Å². The van der Waals surface area contributed by atoms with Crippen LogP contribution in [-0.4, -0.2) is 6.36 Å². The van der Waals surface area contributed by atoms with E-state index in [-0.39, 0.29) is 10.2 Å². The van der Waals surface area contributed by atoms with Crippen molar-refractivity contribution in [2.75, 3.05) is 0 Å². The summed E-state index contributed by atoms with van der Waals surface area (Å²) in [5, 5.41) is 1.92. The molecule has 0 fully saturated rings. The average molecular weight is 432 g/mol. The molecule has 0 amide bonds. The minimum Gasteiger partial charge on any atom is -0.488 e. The van der Waals surface area contributed by atoms with Crippen molar-refractivity contribution < 1.29 is 22.6 Å². The third-order valence-electron chi connectivity index (χ3n) is 2.19. The van der Waals surface area contributed by atoms with Crippen LogP contribution in [-0.2, 0) is 6.61 Å². The van der Waals surface area contributed by atoms with Gasteiger partial charge in [-0.15, -0.1) is 24.5 Å². The van der Waals surface area contributed by atoms with E-state index < -0.39 is 6.36 Å². The van der Waals surface area contributed by atoms with Crippen LogP contribution < -0.4 is 9.47 Å². The minimum absolute atomic E-state index is 0.178. The highest BCUT2D eigenvalue weighted by Crippen LogP contribution is 2.33. The zero-order valence-corrected chi connectivity index (χ0v) is 13.7. The van der Waals surface area contributed by atoms with Gasteiger partial charge in [-0.1, -0.05) is 0 Å². The van der Waals surface area contributed by atoms with Gasteiger partial charge in [-0.2, -0.15) is 0 Å². The highest BCUT2D eigenvalue weighted by molar-refractivity contribution is 9.10. The molecule has 1 aromatic heterocycles. The topological polar surface area (TPSA) is 18.5 Å². The molecule has 0 saturated carbocycles. The van der Waals surface area contributed by atoms with Crippen molar-refractivity contribution in [3.63, 3.8) is 0 Å². The van der Waals surface area contributed by atoms with E-state index in [0.717, 1.165) is 9.35 Å².